The van der Waals surface area contributed by atoms with Gasteiger partial charge in [0.1, 0.15) is 11.9 Å². The van der Waals surface area contributed by atoms with E-state index in [0.717, 1.165) is 30.7 Å². The Labute approximate surface area is 177 Å². The summed E-state index contributed by atoms with van der Waals surface area (Å²) in [5, 5.41) is 2.91. The van der Waals surface area contributed by atoms with Crippen molar-refractivity contribution in [3.63, 3.8) is 0 Å². The van der Waals surface area contributed by atoms with Crippen molar-refractivity contribution in [1.82, 2.24) is 20.1 Å². The van der Waals surface area contributed by atoms with E-state index in [9.17, 15) is 9.59 Å². The summed E-state index contributed by atoms with van der Waals surface area (Å²) in [4.78, 5) is 33.5. The summed E-state index contributed by atoms with van der Waals surface area (Å²) in [7, 11) is 0. The monoisotopic (exact) mass is 408 g/mol. The highest BCUT2D eigenvalue weighted by Gasteiger charge is 2.34. The van der Waals surface area contributed by atoms with Crippen LogP contribution in [0.15, 0.2) is 54.9 Å². The molecule has 1 aromatic carbocycles. The van der Waals surface area contributed by atoms with Gasteiger partial charge in [-0.15, -0.1) is 0 Å². The summed E-state index contributed by atoms with van der Waals surface area (Å²) < 4.78 is 5.96. The third-order valence-electron chi connectivity index (χ3n) is 5.77. The summed E-state index contributed by atoms with van der Waals surface area (Å²) in [6.45, 7) is 3.34. The Hall–Kier alpha value is -2.93. The lowest BCUT2D eigenvalue weighted by Crippen LogP contribution is -2.56. The number of ether oxygens (including phenoxy) is 1. The molecule has 30 heavy (non-hydrogen) atoms. The van der Waals surface area contributed by atoms with E-state index in [1.165, 1.54) is 0 Å². The minimum atomic E-state index is -0.421. The molecule has 2 fully saturated rings. The molecule has 3 heterocycles. The number of aromatic nitrogens is 1. The van der Waals surface area contributed by atoms with Crippen LogP contribution in [0.2, 0.25) is 0 Å². The first kappa shape index (κ1) is 20.3. The molecule has 158 valence electrons. The van der Waals surface area contributed by atoms with Gasteiger partial charge in [0.05, 0.1) is 18.7 Å². The lowest BCUT2D eigenvalue weighted by Gasteiger charge is -2.37. The highest BCUT2D eigenvalue weighted by atomic mass is 16.5. The molecule has 2 aliphatic rings. The Kier molecular flexibility index (Phi) is 6.59. The van der Waals surface area contributed by atoms with Gasteiger partial charge in [-0.3, -0.25) is 19.5 Å². The van der Waals surface area contributed by atoms with Crippen LogP contribution in [0, 0.1) is 0 Å². The van der Waals surface area contributed by atoms with E-state index in [2.05, 4.69) is 27.3 Å². The number of hydrogen-bond donors (Lipinski definition) is 1. The van der Waals surface area contributed by atoms with Crippen LogP contribution in [0.25, 0.3) is 0 Å². The van der Waals surface area contributed by atoms with Crippen molar-refractivity contribution in [3.8, 4) is 5.75 Å². The van der Waals surface area contributed by atoms with Crippen LogP contribution in [-0.4, -0.2) is 64.9 Å². The second-order valence-electron chi connectivity index (χ2n) is 7.85. The minimum Gasteiger partial charge on any atom is -0.489 e. The molecule has 1 atom stereocenters. The molecule has 7 nitrogen and oxygen atoms in total. The molecule has 1 N–H and O–H groups in total. The number of piperazine rings is 1. The number of benzene rings is 1. The van der Waals surface area contributed by atoms with Gasteiger partial charge in [-0.2, -0.15) is 0 Å². The van der Waals surface area contributed by atoms with Crippen molar-refractivity contribution in [2.45, 2.75) is 38.0 Å². The Bertz CT molecular complexity index is 838. The number of nitrogens with zero attached hydrogens (tertiary/aromatic N) is 3. The van der Waals surface area contributed by atoms with E-state index >= 15 is 0 Å². The Morgan fingerprint density at radius 2 is 1.90 bits per heavy atom. The first-order valence-corrected chi connectivity index (χ1v) is 10.6. The molecule has 2 aliphatic heterocycles. The predicted molar refractivity (Wildman–Crippen MR) is 113 cm³/mol. The van der Waals surface area contributed by atoms with Gasteiger partial charge >= 0.3 is 0 Å². The molecule has 2 aromatic rings. The minimum absolute atomic E-state index is 0.0370. The van der Waals surface area contributed by atoms with Crippen LogP contribution in [0.1, 0.15) is 24.8 Å². The number of likely N-dealkylation sites (tertiary alicyclic amines) is 1. The first-order valence-electron chi connectivity index (χ1n) is 10.6. The predicted octanol–water partition coefficient (Wildman–Crippen LogP) is 1.84. The molecule has 0 radical (unpaired) electrons. The summed E-state index contributed by atoms with van der Waals surface area (Å²) in [5.74, 6) is 0.743. The molecule has 1 aromatic heterocycles. The van der Waals surface area contributed by atoms with Gasteiger partial charge in [0, 0.05) is 51.8 Å². The topological polar surface area (TPSA) is 74.8 Å². The van der Waals surface area contributed by atoms with Crippen molar-refractivity contribution < 1.29 is 14.3 Å². The average molecular weight is 409 g/mol. The molecule has 4 rings (SSSR count). The maximum atomic E-state index is 12.9. The Morgan fingerprint density at radius 1 is 1.10 bits per heavy atom. The van der Waals surface area contributed by atoms with Gasteiger partial charge in [0.15, 0.2) is 0 Å². The number of carbonyl (C=O) groups is 2. The van der Waals surface area contributed by atoms with Crippen LogP contribution in [0.3, 0.4) is 0 Å². The van der Waals surface area contributed by atoms with E-state index < -0.39 is 6.04 Å². The van der Waals surface area contributed by atoms with Gasteiger partial charge in [-0.05, 0) is 17.7 Å². The van der Waals surface area contributed by atoms with Crippen LogP contribution < -0.4 is 10.1 Å². The molecule has 0 unspecified atom stereocenters. The highest BCUT2D eigenvalue weighted by molar-refractivity contribution is 5.88. The van der Waals surface area contributed by atoms with E-state index in [0.29, 0.717) is 26.2 Å². The van der Waals surface area contributed by atoms with Crippen molar-refractivity contribution in [1.29, 1.82) is 0 Å². The van der Waals surface area contributed by atoms with Crippen LogP contribution in [-0.2, 0) is 16.1 Å². The maximum absolute atomic E-state index is 12.9. The fraction of sp³-hybridized carbons (Fsp3) is 0.435. The molecular weight excluding hydrogens is 380 g/mol. The molecule has 2 amide bonds. The third-order valence-corrected chi connectivity index (χ3v) is 5.77. The summed E-state index contributed by atoms with van der Waals surface area (Å²) in [6, 6.07) is 13.4. The smallest absolute Gasteiger partial charge is 0.237 e. The molecule has 0 spiro atoms. The second-order valence-corrected chi connectivity index (χ2v) is 7.85. The molecule has 0 bridgehead atoms. The number of pyridine rings is 1. The van der Waals surface area contributed by atoms with Crippen LogP contribution >= 0.6 is 0 Å². The molecular formula is C23H28N4O3. The largest absolute Gasteiger partial charge is 0.489 e. The van der Waals surface area contributed by atoms with Crippen molar-refractivity contribution in [3.05, 3.63) is 60.4 Å². The van der Waals surface area contributed by atoms with Crippen molar-refractivity contribution >= 4 is 11.8 Å². The standard InChI is InChI=1S/C23H28N4O3/c28-22(26-12-8-19(9-13-26)30-20-7-4-10-24-16-20)15-21-23(29)25-11-14-27(21)17-18-5-2-1-3-6-18/h1-7,10,16,19,21H,8-9,11-15,17H2,(H,25,29)/t21-/m1/s1. The second kappa shape index (κ2) is 9.71. The van der Waals surface area contributed by atoms with Crippen LogP contribution in [0.4, 0.5) is 0 Å². The van der Waals surface area contributed by atoms with Crippen LogP contribution in [0.5, 0.6) is 5.75 Å². The summed E-state index contributed by atoms with van der Waals surface area (Å²) in [6.07, 6.45) is 5.30. The fourth-order valence-corrected chi connectivity index (χ4v) is 4.12. The number of nitrogens with one attached hydrogen (secondary N) is 1. The number of hydrogen-bond acceptors (Lipinski definition) is 5. The maximum Gasteiger partial charge on any atom is 0.237 e. The fourth-order valence-electron chi connectivity index (χ4n) is 4.12. The van der Waals surface area contributed by atoms with E-state index in [1.807, 2.05) is 35.2 Å². The Morgan fingerprint density at radius 3 is 2.63 bits per heavy atom. The first-order chi connectivity index (χ1) is 14.7. The zero-order valence-electron chi connectivity index (χ0n) is 17.1. The quantitative estimate of drug-likeness (QED) is 0.790. The zero-order chi connectivity index (χ0) is 20.8. The average Bonchev–Trinajstić information content (AvgIpc) is 2.78. The SMILES string of the molecule is O=C1NCCN(Cc2ccccc2)[C@@H]1CC(=O)N1CCC(Oc2cccnc2)CC1. The summed E-state index contributed by atoms with van der Waals surface area (Å²) >= 11 is 0. The summed E-state index contributed by atoms with van der Waals surface area (Å²) in [5.41, 5.74) is 1.15. The number of rotatable bonds is 6. The molecule has 2 saturated heterocycles. The van der Waals surface area contributed by atoms with Gasteiger partial charge in [-0.25, -0.2) is 0 Å². The van der Waals surface area contributed by atoms with Crippen molar-refractivity contribution in [2.75, 3.05) is 26.2 Å². The number of carbonyl (C=O) groups excluding carboxylic acids is 2. The Balaban J connectivity index is 1.31. The molecule has 0 saturated carbocycles. The van der Waals surface area contributed by atoms with Gasteiger partial charge in [0.25, 0.3) is 0 Å². The highest BCUT2D eigenvalue weighted by Crippen LogP contribution is 2.20. The van der Waals surface area contributed by atoms with Crippen molar-refractivity contribution in [2.24, 2.45) is 0 Å². The third kappa shape index (κ3) is 5.16. The van der Waals surface area contributed by atoms with E-state index in [4.69, 9.17) is 4.74 Å². The zero-order valence-corrected chi connectivity index (χ0v) is 17.1. The number of piperidine rings is 1. The van der Waals surface area contributed by atoms with Gasteiger partial charge < -0.3 is 15.0 Å². The number of amides is 2. The van der Waals surface area contributed by atoms with E-state index in [1.54, 1.807) is 12.4 Å². The normalized spacial score (nSPS) is 20.6. The lowest BCUT2D eigenvalue weighted by molar-refractivity contribution is -0.140. The lowest BCUT2D eigenvalue weighted by atomic mass is 10.0. The van der Waals surface area contributed by atoms with E-state index in [-0.39, 0.29) is 24.3 Å². The van der Waals surface area contributed by atoms with Gasteiger partial charge in [-0.1, -0.05) is 30.3 Å². The molecule has 0 aliphatic carbocycles. The molecule has 7 heteroatoms. The van der Waals surface area contributed by atoms with Gasteiger partial charge in [0.2, 0.25) is 11.8 Å².